The van der Waals surface area contributed by atoms with Crippen molar-refractivity contribution in [1.82, 2.24) is 15.5 Å². The van der Waals surface area contributed by atoms with Gasteiger partial charge in [-0.25, -0.2) is 0 Å². The number of nitrogens with zero attached hydrogens (tertiary/aromatic N) is 1. The number of hydrogen-bond donors (Lipinski definition) is 4. The second-order valence-corrected chi connectivity index (χ2v) is 5.96. The summed E-state index contributed by atoms with van der Waals surface area (Å²) in [6, 6.07) is 7.12. The third-order valence-corrected chi connectivity index (χ3v) is 4.51. The number of rotatable bonds is 2. The molecule has 2 heterocycles. The summed E-state index contributed by atoms with van der Waals surface area (Å²) in [4.78, 5) is 12.1. The Morgan fingerprint density at radius 2 is 2.22 bits per heavy atom. The number of aromatic nitrogens is 2. The van der Waals surface area contributed by atoms with Gasteiger partial charge in [0.2, 0.25) is 0 Å². The standard InChI is InChI=1S/C16H18N4O3/c21-15-11(20-16(22)9-7-17-18-8-9)5-6-13-14(15)19-10-3-1-2-4-12(10)23-13/h1-4,7-8,11,13-15,19,21H,5-6H2,(H,17,18)(H,20,22)/t11-,13-,14-,15-/m1/s1. The molecule has 2 aromatic rings. The van der Waals surface area contributed by atoms with Gasteiger partial charge in [0.15, 0.2) is 0 Å². The van der Waals surface area contributed by atoms with Crippen LogP contribution in [-0.4, -0.2) is 45.5 Å². The number of benzene rings is 1. The smallest absolute Gasteiger partial charge is 0.254 e. The molecule has 1 saturated carbocycles. The number of carbonyl (C=O) groups is 1. The van der Waals surface area contributed by atoms with Gasteiger partial charge in [-0.3, -0.25) is 9.89 Å². The minimum Gasteiger partial charge on any atom is -0.486 e. The lowest BCUT2D eigenvalue weighted by molar-refractivity contribution is 0.00960. The van der Waals surface area contributed by atoms with Crippen molar-refractivity contribution in [3.8, 4) is 5.75 Å². The maximum Gasteiger partial charge on any atom is 0.254 e. The molecule has 1 aromatic heterocycles. The van der Waals surface area contributed by atoms with E-state index in [4.69, 9.17) is 4.74 Å². The van der Waals surface area contributed by atoms with E-state index in [0.29, 0.717) is 12.0 Å². The zero-order valence-corrected chi connectivity index (χ0v) is 12.4. The van der Waals surface area contributed by atoms with Crippen molar-refractivity contribution in [2.75, 3.05) is 5.32 Å². The highest BCUT2D eigenvalue weighted by Gasteiger charge is 2.43. The van der Waals surface area contributed by atoms with Crippen molar-refractivity contribution in [1.29, 1.82) is 0 Å². The Morgan fingerprint density at radius 3 is 3.04 bits per heavy atom. The summed E-state index contributed by atoms with van der Waals surface area (Å²) in [6.45, 7) is 0. The molecular weight excluding hydrogens is 296 g/mol. The van der Waals surface area contributed by atoms with Crippen molar-refractivity contribution in [3.63, 3.8) is 0 Å². The van der Waals surface area contributed by atoms with E-state index < -0.39 is 6.10 Å². The van der Waals surface area contributed by atoms with Gasteiger partial charge in [0.25, 0.3) is 5.91 Å². The van der Waals surface area contributed by atoms with Gasteiger partial charge in [0.1, 0.15) is 11.9 Å². The van der Waals surface area contributed by atoms with Crippen LogP contribution in [0.25, 0.3) is 0 Å². The number of aliphatic hydroxyl groups is 1. The quantitative estimate of drug-likeness (QED) is 0.660. The summed E-state index contributed by atoms with van der Waals surface area (Å²) in [5.41, 5.74) is 1.33. The molecule has 1 aliphatic heterocycles. The van der Waals surface area contributed by atoms with Crippen LogP contribution in [0.15, 0.2) is 36.7 Å². The largest absolute Gasteiger partial charge is 0.486 e. The molecule has 4 atom stereocenters. The predicted molar refractivity (Wildman–Crippen MR) is 83.4 cm³/mol. The molecule has 1 aliphatic carbocycles. The number of anilines is 1. The van der Waals surface area contributed by atoms with Gasteiger partial charge in [-0.2, -0.15) is 5.10 Å². The molecule has 0 spiro atoms. The number of fused-ring (bicyclic) bond motifs is 2. The number of H-pyrrole nitrogens is 1. The first-order valence-corrected chi connectivity index (χ1v) is 7.72. The lowest BCUT2D eigenvalue weighted by Crippen LogP contribution is -2.61. The first-order valence-electron chi connectivity index (χ1n) is 7.72. The van der Waals surface area contributed by atoms with E-state index in [1.807, 2.05) is 24.3 Å². The van der Waals surface area contributed by atoms with Crippen LogP contribution in [0.4, 0.5) is 5.69 Å². The lowest BCUT2D eigenvalue weighted by Gasteiger charge is -2.44. The van der Waals surface area contributed by atoms with E-state index in [0.717, 1.165) is 17.9 Å². The first-order chi connectivity index (χ1) is 11.2. The van der Waals surface area contributed by atoms with Crippen molar-refractivity contribution >= 4 is 11.6 Å². The molecule has 4 rings (SSSR count). The van der Waals surface area contributed by atoms with Crippen LogP contribution < -0.4 is 15.4 Å². The molecule has 1 aromatic carbocycles. The number of amides is 1. The summed E-state index contributed by atoms with van der Waals surface area (Å²) in [6.07, 6.45) is 3.60. The van der Waals surface area contributed by atoms with Crippen LogP contribution in [-0.2, 0) is 0 Å². The Labute approximate surface area is 133 Å². The Kier molecular flexibility index (Phi) is 3.42. The highest BCUT2D eigenvalue weighted by Crippen LogP contribution is 2.36. The average molecular weight is 314 g/mol. The van der Waals surface area contributed by atoms with Crippen LogP contribution >= 0.6 is 0 Å². The summed E-state index contributed by atoms with van der Waals surface area (Å²) in [5, 5.41) is 23.3. The molecule has 1 fully saturated rings. The van der Waals surface area contributed by atoms with Gasteiger partial charge in [-0.15, -0.1) is 0 Å². The maximum absolute atomic E-state index is 12.1. The molecule has 7 nitrogen and oxygen atoms in total. The molecule has 23 heavy (non-hydrogen) atoms. The minimum absolute atomic E-state index is 0.0954. The molecule has 120 valence electrons. The van der Waals surface area contributed by atoms with Gasteiger partial charge in [-0.05, 0) is 25.0 Å². The zero-order chi connectivity index (χ0) is 15.8. The van der Waals surface area contributed by atoms with Gasteiger partial charge < -0.3 is 20.5 Å². The number of hydrogen-bond acceptors (Lipinski definition) is 5. The number of nitrogens with one attached hydrogen (secondary N) is 3. The normalized spacial score (nSPS) is 28.7. The highest BCUT2D eigenvalue weighted by molar-refractivity contribution is 5.93. The van der Waals surface area contributed by atoms with Gasteiger partial charge >= 0.3 is 0 Å². The van der Waals surface area contributed by atoms with Crippen LogP contribution in [0.2, 0.25) is 0 Å². The summed E-state index contributed by atoms with van der Waals surface area (Å²) >= 11 is 0. The summed E-state index contributed by atoms with van der Waals surface area (Å²) < 4.78 is 5.98. The Morgan fingerprint density at radius 1 is 1.35 bits per heavy atom. The zero-order valence-electron chi connectivity index (χ0n) is 12.4. The molecule has 0 radical (unpaired) electrons. The predicted octanol–water partition coefficient (Wildman–Crippen LogP) is 0.904. The van der Waals surface area contributed by atoms with Crippen LogP contribution in [0.5, 0.6) is 5.75 Å². The second-order valence-electron chi connectivity index (χ2n) is 5.96. The molecular formula is C16H18N4O3. The fourth-order valence-electron chi connectivity index (χ4n) is 3.29. The number of aromatic amines is 1. The third kappa shape index (κ3) is 2.53. The number of para-hydroxylation sites is 2. The molecule has 0 bridgehead atoms. The van der Waals surface area contributed by atoms with Crippen molar-refractivity contribution in [2.45, 2.75) is 37.1 Å². The molecule has 0 saturated heterocycles. The second kappa shape index (κ2) is 5.58. The minimum atomic E-state index is -0.724. The molecule has 7 heteroatoms. The van der Waals surface area contributed by atoms with Crippen LogP contribution in [0.1, 0.15) is 23.2 Å². The van der Waals surface area contributed by atoms with Crippen LogP contribution in [0.3, 0.4) is 0 Å². The number of aliphatic hydroxyl groups excluding tert-OH is 1. The fraction of sp³-hybridized carbons (Fsp3) is 0.375. The monoisotopic (exact) mass is 314 g/mol. The van der Waals surface area contributed by atoms with E-state index >= 15 is 0 Å². The highest BCUT2D eigenvalue weighted by atomic mass is 16.5. The lowest BCUT2D eigenvalue weighted by atomic mass is 9.84. The first kappa shape index (κ1) is 14.1. The van der Waals surface area contributed by atoms with Crippen LogP contribution in [0, 0.1) is 0 Å². The summed E-state index contributed by atoms with van der Waals surface area (Å²) in [7, 11) is 0. The molecule has 1 amide bonds. The van der Waals surface area contributed by atoms with Gasteiger partial charge in [0, 0.05) is 6.20 Å². The number of ether oxygens (including phenoxy) is 1. The maximum atomic E-state index is 12.1. The molecule has 0 unspecified atom stereocenters. The summed E-state index contributed by atoms with van der Waals surface area (Å²) in [5.74, 6) is 0.570. The van der Waals surface area contributed by atoms with E-state index in [1.165, 1.54) is 12.4 Å². The Balaban J connectivity index is 1.49. The van der Waals surface area contributed by atoms with Crippen molar-refractivity contribution < 1.29 is 14.6 Å². The average Bonchev–Trinajstić information content (AvgIpc) is 3.11. The van der Waals surface area contributed by atoms with Gasteiger partial charge in [-0.1, -0.05) is 12.1 Å². The molecule has 4 N–H and O–H groups in total. The number of carbonyl (C=O) groups excluding carboxylic acids is 1. The van der Waals surface area contributed by atoms with E-state index in [1.54, 1.807) is 0 Å². The fourth-order valence-corrected chi connectivity index (χ4v) is 3.29. The third-order valence-electron chi connectivity index (χ3n) is 4.51. The van der Waals surface area contributed by atoms with Crippen molar-refractivity contribution in [2.24, 2.45) is 0 Å². The Hall–Kier alpha value is -2.54. The topological polar surface area (TPSA) is 99.3 Å². The Bertz CT molecular complexity index is 703. The van der Waals surface area contributed by atoms with E-state index in [2.05, 4.69) is 20.8 Å². The van der Waals surface area contributed by atoms with Gasteiger partial charge in [0.05, 0.1) is 35.6 Å². The van der Waals surface area contributed by atoms with E-state index in [-0.39, 0.29) is 24.1 Å². The van der Waals surface area contributed by atoms with Crippen molar-refractivity contribution in [3.05, 3.63) is 42.2 Å². The SMILES string of the molecule is O=C(N[C@@H]1CC[C@H]2Oc3ccccc3N[C@H]2[C@@H]1O)c1cn[nH]c1. The van der Waals surface area contributed by atoms with E-state index in [9.17, 15) is 9.90 Å². The molecule has 2 aliphatic rings.